The first kappa shape index (κ1) is 8.72. The topological polar surface area (TPSA) is 25.8 Å². The maximum atomic E-state index is 4.22. The highest BCUT2D eigenvalue weighted by Gasteiger charge is 2.03. The third-order valence-electron chi connectivity index (χ3n) is 1.74. The molecule has 0 aliphatic carbocycles. The molecule has 0 unspecified atom stereocenters. The molecule has 1 aromatic carbocycles. The molecule has 66 valence electrons. The van der Waals surface area contributed by atoms with Crippen LogP contribution in [0.15, 0.2) is 35.4 Å². The molecule has 0 radical (unpaired) electrons. The standard InChI is InChI=1S/C9H8N2S2/c12-9-8(13-11-10-9)6-7-4-2-1-3-5-7/h1-5,12H,6H2. The minimum Gasteiger partial charge on any atom is -0.132 e. The molecule has 0 aliphatic heterocycles. The van der Waals surface area contributed by atoms with Crippen LogP contribution in [-0.4, -0.2) is 9.59 Å². The van der Waals surface area contributed by atoms with E-state index in [0.717, 1.165) is 16.3 Å². The second kappa shape index (κ2) is 3.89. The number of benzene rings is 1. The molecule has 0 atom stereocenters. The number of nitrogens with zero attached hydrogens (tertiary/aromatic N) is 2. The Morgan fingerprint density at radius 1 is 1.23 bits per heavy atom. The van der Waals surface area contributed by atoms with Crippen molar-refractivity contribution in [2.75, 3.05) is 0 Å². The van der Waals surface area contributed by atoms with E-state index in [1.165, 1.54) is 17.1 Å². The van der Waals surface area contributed by atoms with E-state index in [9.17, 15) is 0 Å². The lowest BCUT2D eigenvalue weighted by molar-refractivity contribution is 1.00. The van der Waals surface area contributed by atoms with Crippen LogP contribution in [0.4, 0.5) is 0 Å². The van der Waals surface area contributed by atoms with E-state index >= 15 is 0 Å². The van der Waals surface area contributed by atoms with Gasteiger partial charge in [-0.1, -0.05) is 34.8 Å². The van der Waals surface area contributed by atoms with Crippen LogP contribution in [0.3, 0.4) is 0 Å². The van der Waals surface area contributed by atoms with Gasteiger partial charge in [-0.25, -0.2) is 0 Å². The Balaban J connectivity index is 2.20. The summed E-state index contributed by atoms with van der Waals surface area (Å²) in [7, 11) is 0. The molecule has 2 rings (SSSR count). The van der Waals surface area contributed by atoms with Crippen molar-refractivity contribution >= 4 is 24.2 Å². The minimum absolute atomic E-state index is 0.744. The van der Waals surface area contributed by atoms with Gasteiger partial charge in [0, 0.05) is 6.42 Å². The van der Waals surface area contributed by atoms with Crippen molar-refractivity contribution in [2.45, 2.75) is 11.4 Å². The molecule has 0 N–H and O–H groups in total. The molecule has 2 aromatic rings. The number of aromatic nitrogens is 2. The Morgan fingerprint density at radius 2 is 2.00 bits per heavy atom. The molecule has 2 nitrogen and oxygen atoms in total. The highest BCUT2D eigenvalue weighted by atomic mass is 32.1. The van der Waals surface area contributed by atoms with Gasteiger partial charge in [-0.3, -0.25) is 0 Å². The van der Waals surface area contributed by atoms with Gasteiger partial charge in [0.1, 0.15) is 5.03 Å². The normalized spacial score (nSPS) is 10.2. The molecular formula is C9H8N2S2. The lowest BCUT2D eigenvalue weighted by Gasteiger charge is -1.96. The first-order valence-electron chi connectivity index (χ1n) is 3.90. The van der Waals surface area contributed by atoms with Crippen LogP contribution in [0.2, 0.25) is 0 Å². The molecule has 4 heteroatoms. The Kier molecular flexibility index (Phi) is 2.61. The van der Waals surface area contributed by atoms with Gasteiger partial charge in [0.05, 0.1) is 4.88 Å². The zero-order chi connectivity index (χ0) is 9.10. The maximum absolute atomic E-state index is 4.22. The second-order valence-electron chi connectivity index (χ2n) is 2.68. The molecule has 1 heterocycles. The zero-order valence-corrected chi connectivity index (χ0v) is 8.55. The predicted octanol–water partition coefficient (Wildman–Crippen LogP) is 2.42. The van der Waals surface area contributed by atoms with Crippen molar-refractivity contribution in [2.24, 2.45) is 0 Å². The highest BCUT2D eigenvalue weighted by molar-refractivity contribution is 7.80. The monoisotopic (exact) mass is 208 g/mol. The van der Waals surface area contributed by atoms with E-state index in [0.29, 0.717) is 0 Å². The molecule has 0 amide bonds. The quantitative estimate of drug-likeness (QED) is 0.767. The van der Waals surface area contributed by atoms with Crippen LogP contribution in [0, 0.1) is 0 Å². The Labute approximate surface area is 86.2 Å². The van der Waals surface area contributed by atoms with Crippen molar-refractivity contribution in [3.05, 3.63) is 40.8 Å². The first-order valence-corrected chi connectivity index (χ1v) is 5.12. The van der Waals surface area contributed by atoms with Gasteiger partial charge >= 0.3 is 0 Å². The Bertz CT molecular complexity index is 384. The average Bonchev–Trinajstić information content (AvgIpc) is 2.54. The van der Waals surface area contributed by atoms with Gasteiger partial charge in [0.2, 0.25) is 0 Å². The van der Waals surface area contributed by atoms with Crippen molar-refractivity contribution in [1.29, 1.82) is 0 Å². The molecule has 0 saturated heterocycles. The van der Waals surface area contributed by atoms with Crippen molar-refractivity contribution < 1.29 is 0 Å². The highest BCUT2D eigenvalue weighted by Crippen LogP contribution is 2.18. The van der Waals surface area contributed by atoms with E-state index in [1.807, 2.05) is 18.2 Å². The fourth-order valence-electron chi connectivity index (χ4n) is 1.10. The first-order chi connectivity index (χ1) is 6.36. The van der Waals surface area contributed by atoms with Gasteiger partial charge in [-0.2, -0.15) is 0 Å². The second-order valence-corrected chi connectivity index (χ2v) is 3.94. The fourth-order valence-corrected chi connectivity index (χ4v) is 1.98. The molecular weight excluding hydrogens is 200 g/mol. The number of hydrogen-bond donors (Lipinski definition) is 1. The van der Waals surface area contributed by atoms with Crippen LogP contribution < -0.4 is 0 Å². The van der Waals surface area contributed by atoms with Gasteiger partial charge in [0.25, 0.3) is 0 Å². The van der Waals surface area contributed by atoms with Gasteiger partial charge in [-0.15, -0.1) is 17.7 Å². The predicted molar refractivity (Wildman–Crippen MR) is 56.4 cm³/mol. The van der Waals surface area contributed by atoms with E-state index in [2.05, 4.69) is 34.3 Å². The van der Waals surface area contributed by atoms with Crippen LogP contribution in [0.25, 0.3) is 0 Å². The third-order valence-corrected chi connectivity index (χ3v) is 2.98. The van der Waals surface area contributed by atoms with Gasteiger partial charge in [-0.05, 0) is 17.1 Å². The minimum atomic E-state index is 0.744. The van der Waals surface area contributed by atoms with E-state index in [4.69, 9.17) is 0 Å². The maximum Gasteiger partial charge on any atom is 0.132 e. The summed E-state index contributed by atoms with van der Waals surface area (Å²) in [4.78, 5) is 1.12. The summed E-state index contributed by atoms with van der Waals surface area (Å²) in [5.74, 6) is 0. The SMILES string of the molecule is Sc1nnsc1Cc1ccccc1. The van der Waals surface area contributed by atoms with Gasteiger partial charge < -0.3 is 0 Å². The van der Waals surface area contributed by atoms with E-state index < -0.39 is 0 Å². The summed E-state index contributed by atoms with van der Waals surface area (Å²) in [6, 6.07) is 10.2. The van der Waals surface area contributed by atoms with Crippen LogP contribution in [0.1, 0.15) is 10.4 Å². The average molecular weight is 208 g/mol. The number of hydrogen-bond acceptors (Lipinski definition) is 4. The molecule has 0 bridgehead atoms. The van der Waals surface area contributed by atoms with Gasteiger partial charge in [0.15, 0.2) is 0 Å². The molecule has 0 saturated carbocycles. The fraction of sp³-hybridized carbons (Fsp3) is 0.111. The molecule has 0 aliphatic rings. The smallest absolute Gasteiger partial charge is 0.132 e. The van der Waals surface area contributed by atoms with Crippen LogP contribution in [-0.2, 0) is 6.42 Å². The summed E-state index contributed by atoms with van der Waals surface area (Å²) in [5.41, 5.74) is 1.27. The molecule has 13 heavy (non-hydrogen) atoms. The molecule has 0 spiro atoms. The Morgan fingerprint density at radius 3 is 2.62 bits per heavy atom. The molecule has 0 fully saturated rings. The summed E-state index contributed by atoms with van der Waals surface area (Å²) in [6.07, 6.45) is 0.872. The van der Waals surface area contributed by atoms with Crippen molar-refractivity contribution in [1.82, 2.24) is 9.59 Å². The lowest BCUT2D eigenvalue weighted by Crippen LogP contribution is -1.84. The number of thiol groups is 1. The lowest BCUT2D eigenvalue weighted by atomic mass is 10.1. The summed E-state index contributed by atoms with van der Waals surface area (Å²) in [5, 5.41) is 4.59. The third kappa shape index (κ3) is 2.08. The summed E-state index contributed by atoms with van der Waals surface area (Å²) in [6.45, 7) is 0. The van der Waals surface area contributed by atoms with E-state index in [-0.39, 0.29) is 0 Å². The van der Waals surface area contributed by atoms with Crippen molar-refractivity contribution in [3.8, 4) is 0 Å². The van der Waals surface area contributed by atoms with Crippen molar-refractivity contribution in [3.63, 3.8) is 0 Å². The summed E-state index contributed by atoms with van der Waals surface area (Å²) < 4.78 is 3.83. The zero-order valence-electron chi connectivity index (χ0n) is 6.84. The Hall–Kier alpha value is -0.870. The largest absolute Gasteiger partial charge is 0.132 e. The summed E-state index contributed by atoms with van der Waals surface area (Å²) >= 11 is 5.62. The number of rotatable bonds is 2. The van der Waals surface area contributed by atoms with Crippen LogP contribution >= 0.6 is 24.2 Å². The molecule has 1 aromatic heterocycles. The van der Waals surface area contributed by atoms with E-state index in [1.54, 1.807) is 0 Å². The van der Waals surface area contributed by atoms with Crippen LogP contribution in [0.5, 0.6) is 0 Å².